The highest BCUT2D eigenvalue weighted by atomic mass is 32.1. The molecule has 0 aliphatic carbocycles. The monoisotopic (exact) mass is 339 g/mol. The topological polar surface area (TPSA) is 68.8 Å². The van der Waals surface area contributed by atoms with Crippen molar-refractivity contribution in [3.05, 3.63) is 41.5 Å². The third kappa shape index (κ3) is 2.33. The summed E-state index contributed by atoms with van der Waals surface area (Å²) in [5.74, 6) is 0. The van der Waals surface area contributed by atoms with Crippen LogP contribution in [0, 0.1) is 0 Å². The Kier molecular flexibility index (Phi) is 3.47. The molecule has 0 fully saturated rings. The molecule has 0 aliphatic rings. The molecule has 4 aromatic heterocycles. The predicted octanol–water partition coefficient (Wildman–Crippen LogP) is 3.15. The Hall–Kier alpha value is -2.51. The summed E-state index contributed by atoms with van der Waals surface area (Å²) in [5.41, 5.74) is 3.88. The van der Waals surface area contributed by atoms with E-state index < -0.39 is 6.10 Å². The molecule has 6 nitrogen and oxygen atoms in total. The minimum atomic E-state index is -0.510. The van der Waals surface area contributed by atoms with Gasteiger partial charge in [0.05, 0.1) is 23.2 Å². The van der Waals surface area contributed by atoms with Gasteiger partial charge in [-0.1, -0.05) is 0 Å². The second kappa shape index (κ2) is 5.54. The van der Waals surface area contributed by atoms with E-state index in [1.807, 2.05) is 41.7 Å². The Balaban J connectivity index is 2.04. The molecule has 122 valence electrons. The lowest BCUT2D eigenvalue weighted by Gasteiger charge is -2.08. The number of hydrogen-bond donors (Lipinski definition) is 1. The largest absolute Gasteiger partial charge is 0.388 e. The minimum Gasteiger partial charge on any atom is -0.388 e. The summed E-state index contributed by atoms with van der Waals surface area (Å²) in [5, 5.41) is 19.5. The minimum absolute atomic E-state index is 0.510. The molecule has 7 heteroatoms. The number of aliphatic hydroxyl groups excluding tert-OH is 1. The Morgan fingerprint density at radius 1 is 1.04 bits per heavy atom. The first-order chi connectivity index (χ1) is 11.5. The number of thiophene rings is 1. The van der Waals surface area contributed by atoms with E-state index in [0.717, 1.165) is 37.7 Å². The number of pyridine rings is 1. The first-order valence-corrected chi connectivity index (χ1v) is 8.45. The van der Waals surface area contributed by atoms with Gasteiger partial charge in [-0.15, -0.1) is 11.3 Å². The quantitative estimate of drug-likeness (QED) is 0.622. The Morgan fingerprint density at radius 3 is 2.29 bits per heavy atom. The first kappa shape index (κ1) is 15.0. The van der Waals surface area contributed by atoms with Crippen LogP contribution in [0.1, 0.15) is 17.9 Å². The molecular weight excluding hydrogens is 322 g/mol. The summed E-state index contributed by atoms with van der Waals surface area (Å²) in [4.78, 5) is 6.61. The lowest BCUT2D eigenvalue weighted by atomic mass is 10.1. The van der Waals surface area contributed by atoms with Crippen LogP contribution < -0.4 is 0 Å². The number of nitrogens with zero attached hydrogens (tertiary/aromatic N) is 5. The van der Waals surface area contributed by atoms with Gasteiger partial charge in [-0.2, -0.15) is 10.2 Å². The zero-order valence-corrected chi connectivity index (χ0v) is 14.4. The molecule has 0 amide bonds. The summed E-state index contributed by atoms with van der Waals surface area (Å²) >= 11 is 1.52. The van der Waals surface area contributed by atoms with Crippen molar-refractivity contribution >= 4 is 21.6 Å². The van der Waals surface area contributed by atoms with E-state index in [9.17, 15) is 5.11 Å². The molecule has 4 aromatic rings. The fourth-order valence-electron chi connectivity index (χ4n) is 2.84. The maximum Gasteiger partial charge on any atom is 0.125 e. The molecule has 0 radical (unpaired) electrons. The maximum atomic E-state index is 9.95. The van der Waals surface area contributed by atoms with Crippen molar-refractivity contribution in [3.8, 4) is 22.6 Å². The highest BCUT2D eigenvalue weighted by molar-refractivity contribution is 7.18. The van der Waals surface area contributed by atoms with E-state index in [4.69, 9.17) is 4.98 Å². The van der Waals surface area contributed by atoms with Crippen LogP contribution >= 0.6 is 11.3 Å². The summed E-state index contributed by atoms with van der Waals surface area (Å²) in [6.07, 6.45) is 3.04. The van der Waals surface area contributed by atoms with Crippen molar-refractivity contribution < 1.29 is 5.11 Å². The SMILES string of the molecule is C[C@H](O)c1cc2c(-c3ccnn3C)cc(-c3ccnn3C)nc2s1. The second-order valence-electron chi connectivity index (χ2n) is 5.78. The number of fused-ring (bicyclic) bond motifs is 1. The van der Waals surface area contributed by atoms with Crippen molar-refractivity contribution in [1.29, 1.82) is 0 Å². The van der Waals surface area contributed by atoms with Crippen LogP contribution in [0.2, 0.25) is 0 Å². The van der Waals surface area contributed by atoms with Gasteiger partial charge in [-0.3, -0.25) is 9.36 Å². The third-order valence-corrected chi connectivity index (χ3v) is 5.32. The molecular formula is C17H17N5OS. The standard InChI is InChI=1S/C17H17N5OS/c1-10(23)16-9-12-11(14-4-6-18-21(14)2)8-13(20-17(12)24-16)15-5-7-19-22(15)3/h4-10,23H,1-3H3/t10-/m0/s1. The maximum absolute atomic E-state index is 9.95. The van der Waals surface area contributed by atoms with Crippen LogP contribution in [0.25, 0.3) is 32.9 Å². The molecule has 0 saturated heterocycles. The van der Waals surface area contributed by atoms with Crippen LogP contribution in [0.15, 0.2) is 36.7 Å². The molecule has 0 unspecified atom stereocenters. The van der Waals surface area contributed by atoms with Crippen LogP contribution in [-0.4, -0.2) is 29.7 Å². The van der Waals surface area contributed by atoms with Crippen LogP contribution in [0.5, 0.6) is 0 Å². The average molecular weight is 339 g/mol. The summed E-state index contributed by atoms with van der Waals surface area (Å²) in [6.45, 7) is 1.77. The van der Waals surface area contributed by atoms with Gasteiger partial charge < -0.3 is 5.11 Å². The van der Waals surface area contributed by atoms with Crippen LogP contribution in [0.4, 0.5) is 0 Å². The van der Waals surface area contributed by atoms with Gasteiger partial charge in [0.1, 0.15) is 4.83 Å². The normalized spacial score (nSPS) is 12.8. The molecule has 1 atom stereocenters. The van der Waals surface area contributed by atoms with Gasteiger partial charge in [0.2, 0.25) is 0 Å². The first-order valence-electron chi connectivity index (χ1n) is 7.64. The van der Waals surface area contributed by atoms with E-state index in [2.05, 4.69) is 16.3 Å². The molecule has 0 aromatic carbocycles. The summed E-state index contributed by atoms with van der Waals surface area (Å²) in [6, 6.07) is 8.02. The molecule has 0 saturated carbocycles. The molecule has 1 N–H and O–H groups in total. The van der Waals surface area contributed by atoms with Crippen molar-refractivity contribution in [3.63, 3.8) is 0 Å². The van der Waals surface area contributed by atoms with Crippen LogP contribution in [-0.2, 0) is 14.1 Å². The zero-order valence-electron chi connectivity index (χ0n) is 13.6. The van der Waals surface area contributed by atoms with Gasteiger partial charge >= 0.3 is 0 Å². The highest BCUT2D eigenvalue weighted by Gasteiger charge is 2.17. The van der Waals surface area contributed by atoms with E-state index >= 15 is 0 Å². The van der Waals surface area contributed by atoms with Gasteiger partial charge in [0, 0.05) is 42.3 Å². The zero-order chi connectivity index (χ0) is 16.8. The molecule has 0 aliphatic heterocycles. The number of aromatic nitrogens is 5. The van der Waals surface area contributed by atoms with Crippen molar-refractivity contribution in [1.82, 2.24) is 24.5 Å². The van der Waals surface area contributed by atoms with E-state index in [-0.39, 0.29) is 0 Å². The Labute approximate surface area is 143 Å². The molecule has 0 bridgehead atoms. The highest BCUT2D eigenvalue weighted by Crippen LogP contribution is 2.37. The van der Waals surface area contributed by atoms with E-state index in [1.54, 1.807) is 19.3 Å². The van der Waals surface area contributed by atoms with Gasteiger partial charge in [0.15, 0.2) is 0 Å². The second-order valence-corrected chi connectivity index (χ2v) is 6.84. The smallest absolute Gasteiger partial charge is 0.125 e. The summed E-state index contributed by atoms with van der Waals surface area (Å²) in [7, 11) is 3.83. The number of rotatable bonds is 3. The van der Waals surface area contributed by atoms with Crippen LogP contribution in [0.3, 0.4) is 0 Å². The molecule has 4 rings (SSSR count). The number of hydrogen-bond acceptors (Lipinski definition) is 5. The average Bonchev–Trinajstić information content (AvgIpc) is 3.25. The van der Waals surface area contributed by atoms with Gasteiger partial charge in [-0.25, -0.2) is 4.98 Å². The summed E-state index contributed by atoms with van der Waals surface area (Å²) < 4.78 is 3.66. The van der Waals surface area contributed by atoms with E-state index in [1.165, 1.54) is 11.3 Å². The number of aliphatic hydroxyl groups is 1. The lowest BCUT2D eigenvalue weighted by molar-refractivity contribution is 0.203. The molecule has 4 heterocycles. The fraction of sp³-hybridized carbons (Fsp3) is 0.235. The Bertz CT molecular complexity index is 1030. The third-order valence-electron chi connectivity index (χ3n) is 4.12. The Morgan fingerprint density at radius 2 is 1.71 bits per heavy atom. The van der Waals surface area contributed by atoms with Crippen molar-refractivity contribution in [2.24, 2.45) is 14.1 Å². The lowest BCUT2D eigenvalue weighted by Crippen LogP contribution is -1.98. The van der Waals surface area contributed by atoms with Crippen molar-refractivity contribution in [2.45, 2.75) is 13.0 Å². The van der Waals surface area contributed by atoms with Crippen molar-refractivity contribution in [2.75, 3.05) is 0 Å². The number of aryl methyl sites for hydroxylation is 2. The molecule has 0 spiro atoms. The predicted molar refractivity (Wildman–Crippen MR) is 94.7 cm³/mol. The van der Waals surface area contributed by atoms with Gasteiger partial charge in [-0.05, 0) is 31.2 Å². The van der Waals surface area contributed by atoms with E-state index in [0.29, 0.717) is 0 Å². The van der Waals surface area contributed by atoms with Gasteiger partial charge in [0.25, 0.3) is 0 Å². The fourth-order valence-corrected chi connectivity index (χ4v) is 3.84. The molecule has 24 heavy (non-hydrogen) atoms.